The zero-order valence-electron chi connectivity index (χ0n) is 16.3. The quantitative estimate of drug-likeness (QED) is 0.665. The van der Waals surface area contributed by atoms with E-state index in [4.69, 9.17) is 9.47 Å². The topological polar surface area (TPSA) is 97.8 Å². The third kappa shape index (κ3) is 5.08. The highest BCUT2D eigenvalue weighted by molar-refractivity contribution is 7.99. The number of rotatable bonds is 7. The SMILES string of the molecule is CCSc1cc(C(=O)Nc2cc(S(=O)(=O)N3CCOCC3)ccc2OC)ccn1. The number of hydrogen-bond donors (Lipinski definition) is 1. The fourth-order valence-corrected chi connectivity index (χ4v) is 4.93. The molecule has 3 rings (SSSR count). The Labute approximate surface area is 174 Å². The standard InChI is InChI=1S/C19H23N3O5S2/c1-3-28-18-12-14(6-7-20-18)19(23)21-16-13-15(4-5-17(16)26-2)29(24,25)22-8-10-27-11-9-22/h4-7,12-13H,3,8-11H2,1-2H3,(H,21,23). The average molecular weight is 438 g/mol. The Hall–Kier alpha value is -2.14. The molecule has 0 unspecified atom stereocenters. The molecule has 29 heavy (non-hydrogen) atoms. The van der Waals surface area contributed by atoms with Crippen molar-refractivity contribution in [3.8, 4) is 5.75 Å². The van der Waals surface area contributed by atoms with E-state index in [2.05, 4.69) is 10.3 Å². The number of methoxy groups -OCH3 is 1. The highest BCUT2D eigenvalue weighted by Crippen LogP contribution is 2.30. The average Bonchev–Trinajstić information content (AvgIpc) is 2.74. The number of nitrogens with zero attached hydrogens (tertiary/aromatic N) is 2. The molecule has 2 aromatic rings. The lowest BCUT2D eigenvalue weighted by Gasteiger charge is -2.26. The first kappa shape index (κ1) is 21.6. The second kappa shape index (κ2) is 9.57. The van der Waals surface area contributed by atoms with Crippen molar-refractivity contribution in [2.24, 2.45) is 0 Å². The molecular formula is C19H23N3O5S2. The molecule has 1 aliphatic heterocycles. The lowest BCUT2D eigenvalue weighted by Crippen LogP contribution is -2.40. The molecule has 1 N–H and O–H groups in total. The van der Waals surface area contributed by atoms with Crippen LogP contribution in [0.2, 0.25) is 0 Å². The number of morpholine rings is 1. The lowest BCUT2D eigenvalue weighted by atomic mass is 10.2. The monoisotopic (exact) mass is 437 g/mol. The van der Waals surface area contributed by atoms with Gasteiger partial charge in [0.05, 0.1) is 35.9 Å². The first-order valence-electron chi connectivity index (χ1n) is 9.12. The van der Waals surface area contributed by atoms with E-state index < -0.39 is 10.0 Å². The molecule has 1 aromatic heterocycles. The molecule has 8 nitrogen and oxygen atoms in total. The molecular weight excluding hydrogens is 414 g/mol. The fourth-order valence-electron chi connectivity index (χ4n) is 2.85. The maximum atomic E-state index is 12.9. The highest BCUT2D eigenvalue weighted by atomic mass is 32.2. The van der Waals surface area contributed by atoms with Gasteiger partial charge in [0, 0.05) is 24.8 Å². The van der Waals surface area contributed by atoms with Crippen LogP contribution in [0.4, 0.5) is 5.69 Å². The summed E-state index contributed by atoms with van der Waals surface area (Å²) in [6, 6.07) is 7.74. The van der Waals surface area contributed by atoms with Crippen molar-refractivity contribution < 1.29 is 22.7 Å². The van der Waals surface area contributed by atoms with Crippen LogP contribution in [0.25, 0.3) is 0 Å². The van der Waals surface area contributed by atoms with Gasteiger partial charge in [0.25, 0.3) is 5.91 Å². The van der Waals surface area contributed by atoms with E-state index in [1.54, 1.807) is 18.3 Å². The third-order valence-corrected chi connectivity index (χ3v) is 7.02. The Morgan fingerprint density at radius 3 is 2.72 bits per heavy atom. The van der Waals surface area contributed by atoms with E-state index in [0.717, 1.165) is 10.8 Å². The molecule has 1 fully saturated rings. The van der Waals surface area contributed by atoms with E-state index in [9.17, 15) is 13.2 Å². The number of pyridine rings is 1. The number of sulfonamides is 1. The van der Waals surface area contributed by atoms with Crippen molar-refractivity contribution in [2.45, 2.75) is 16.8 Å². The van der Waals surface area contributed by atoms with E-state index >= 15 is 0 Å². The van der Waals surface area contributed by atoms with Crippen LogP contribution >= 0.6 is 11.8 Å². The maximum Gasteiger partial charge on any atom is 0.255 e. The zero-order chi connectivity index (χ0) is 20.9. The molecule has 1 aliphatic rings. The molecule has 0 aliphatic carbocycles. The third-order valence-electron chi connectivity index (χ3n) is 4.32. The Bertz CT molecular complexity index is 976. The van der Waals surface area contributed by atoms with Gasteiger partial charge in [-0.3, -0.25) is 4.79 Å². The molecule has 10 heteroatoms. The number of carbonyl (C=O) groups excluding carboxylic acids is 1. The zero-order valence-corrected chi connectivity index (χ0v) is 17.9. The Morgan fingerprint density at radius 1 is 1.28 bits per heavy atom. The van der Waals surface area contributed by atoms with Crippen molar-refractivity contribution >= 4 is 33.4 Å². The summed E-state index contributed by atoms with van der Waals surface area (Å²) in [4.78, 5) is 17.0. The van der Waals surface area contributed by atoms with E-state index in [1.807, 2.05) is 6.92 Å². The number of nitrogens with one attached hydrogen (secondary N) is 1. The predicted molar refractivity (Wildman–Crippen MR) is 111 cm³/mol. The highest BCUT2D eigenvalue weighted by Gasteiger charge is 2.27. The van der Waals surface area contributed by atoms with Crippen LogP contribution < -0.4 is 10.1 Å². The van der Waals surface area contributed by atoms with Gasteiger partial charge in [-0.1, -0.05) is 6.92 Å². The summed E-state index contributed by atoms with van der Waals surface area (Å²) in [5, 5.41) is 3.50. The summed E-state index contributed by atoms with van der Waals surface area (Å²) in [6.07, 6.45) is 1.57. The molecule has 0 spiro atoms. The smallest absolute Gasteiger partial charge is 0.255 e. The van der Waals surface area contributed by atoms with Gasteiger partial charge < -0.3 is 14.8 Å². The number of aromatic nitrogens is 1. The van der Waals surface area contributed by atoms with Crippen molar-refractivity contribution in [1.29, 1.82) is 0 Å². The van der Waals surface area contributed by atoms with Gasteiger partial charge in [0.1, 0.15) is 5.75 Å². The number of amides is 1. The number of thioether (sulfide) groups is 1. The molecule has 156 valence electrons. The predicted octanol–water partition coefficient (Wildman–Crippen LogP) is 2.48. The van der Waals surface area contributed by atoms with Gasteiger partial charge in [-0.2, -0.15) is 4.31 Å². The largest absolute Gasteiger partial charge is 0.495 e. The lowest BCUT2D eigenvalue weighted by molar-refractivity contribution is 0.0730. The normalized spacial score (nSPS) is 15.1. The molecule has 1 saturated heterocycles. The summed E-state index contributed by atoms with van der Waals surface area (Å²) < 4.78 is 37.7. The Balaban J connectivity index is 1.87. The van der Waals surface area contributed by atoms with Crippen LogP contribution in [0.15, 0.2) is 46.5 Å². The van der Waals surface area contributed by atoms with Crippen molar-refractivity contribution in [3.05, 3.63) is 42.1 Å². The van der Waals surface area contributed by atoms with Crippen LogP contribution in [0, 0.1) is 0 Å². The minimum absolute atomic E-state index is 0.0902. The molecule has 0 saturated carbocycles. The maximum absolute atomic E-state index is 12.9. The number of carbonyl (C=O) groups is 1. The fraction of sp³-hybridized carbons (Fsp3) is 0.368. The molecule has 2 heterocycles. The molecule has 1 amide bonds. The number of benzene rings is 1. The second-order valence-corrected chi connectivity index (χ2v) is 9.37. The number of ether oxygens (including phenoxy) is 2. The van der Waals surface area contributed by atoms with Crippen LogP contribution in [0.5, 0.6) is 5.75 Å². The Kier molecular flexibility index (Phi) is 7.12. The summed E-state index contributed by atoms with van der Waals surface area (Å²) >= 11 is 1.53. The van der Waals surface area contributed by atoms with Crippen LogP contribution in [-0.4, -0.2) is 62.8 Å². The molecule has 1 aromatic carbocycles. The van der Waals surface area contributed by atoms with Crippen molar-refractivity contribution in [2.75, 3.05) is 44.5 Å². The first-order chi connectivity index (χ1) is 14.0. The summed E-state index contributed by atoms with van der Waals surface area (Å²) in [7, 11) is -2.23. The van der Waals surface area contributed by atoms with Gasteiger partial charge in [-0.05, 0) is 36.1 Å². The van der Waals surface area contributed by atoms with Gasteiger partial charge in [-0.25, -0.2) is 13.4 Å². The number of hydrogen-bond acceptors (Lipinski definition) is 7. The first-order valence-corrected chi connectivity index (χ1v) is 11.5. The molecule has 0 radical (unpaired) electrons. The summed E-state index contributed by atoms with van der Waals surface area (Å²) in [5.41, 5.74) is 0.716. The molecule has 0 bridgehead atoms. The van der Waals surface area contributed by atoms with Crippen molar-refractivity contribution in [1.82, 2.24) is 9.29 Å². The molecule has 0 atom stereocenters. The Morgan fingerprint density at radius 2 is 2.03 bits per heavy atom. The summed E-state index contributed by atoms with van der Waals surface area (Å²) in [6.45, 7) is 3.32. The van der Waals surface area contributed by atoms with Gasteiger partial charge in [-0.15, -0.1) is 11.8 Å². The van der Waals surface area contributed by atoms with E-state index in [-0.39, 0.29) is 16.5 Å². The van der Waals surface area contributed by atoms with E-state index in [1.165, 1.54) is 41.4 Å². The van der Waals surface area contributed by atoms with Gasteiger partial charge >= 0.3 is 0 Å². The van der Waals surface area contributed by atoms with E-state index in [0.29, 0.717) is 37.6 Å². The summed E-state index contributed by atoms with van der Waals surface area (Å²) in [5.74, 6) is 0.842. The number of anilines is 1. The minimum atomic E-state index is -3.69. The van der Waals surface area contributed by atoms with Crippen molar-refractivity contribution in [3.63, 3.8) is 0 Å². The van der Waals surface area contributed by atoms with Crippen LogP contribution in [-0.2, 0) is 14.8 Å². The minimum Gasteiger partial charge on any atom is -0.495 e. The van der Waals surface area contributed by atoms with Crippen LogP contribution in [0.3, 0.4) is 0 Å². The van der Waals surface area contributed by atoms with Gasteiger partial charge in [0.15, 0.2) is 0 Å². The second-order valence-electron chi connectivity index (χ2n) is 6.15. The van der Waals surface area contributed by atoms with Gasteiger partial charge in [0.2, 0.25) is 10.0 Å². The van der Waals surface area contributed by atoms with Crippen LogP contribution in [0.1, 0.15) is 17.3 Å².